The van der Waals surface area contributed by atoms with Crippen molar-refractivity contribution in [3.8, 4) is 0 Å². The SMILES string of the molecule is CC(CN)NC(=O)c1ccc2c(C3CC3)cccc2c1.Cc1ccc(CF)cc1. The lowest BCUT2D eigenvalue weighted by Crippen LogP contribution is -2.37. The summed E-state index contributed by atoms with van der Waals surface area (Å²) < 4.78 is 11.9. The molecular formula is C25H29FN2O. The van der Waals surface area contributed by atoms with Gasteiger partial charge in [-0.2, -0.15) is 0 Å². The number of benzene rings is 3. The maximum absolute atomic E-state index is 12.1. The quantitative estimate of drug-likeness (QED) is 0.622. The number of hydrogen-bond donors (Lipinski definition) is 2. The summed E-state index contributed by atoms with van der Waals surface area (Å²) in [4.78, 5) is 12.1. The van der Waals surface area contributed by atoms with Crippen LogP contribution in [0.15, 0.2) is 60.7 Å². The summed E-state index contributed by atoms with van der Waals surface area (Å²) in [5.74, 6) is 0.664. The van der Waals surface area contributed by atoms with E-state index in [1.807, 2.05) is 38.1 Å². The van der Waals surface area contributed by atoms with Gasteiger partial charge in [-0.15, -0.1) is 0 Å². The van der Waals surface area contributed by atoms with Gasteiger partial charge in [0.25, 0.3) is 5.91 Å². The van der Waals surface area contributed by atoms with E-state index < -0.39 is 0 Å². The van der Waals surface area contributed by atoms with Gasteiger partial charge in [-0.1, -0.05) is 54.1 Å². The van der Waals surface area contributed by atoms with Gasteiger partial charge in [0.1, 0.15) is 6.67 Å². The first-order valence-corrected chi connectivity index (χ1v) is 10.2. The average molecular weight is 393 g/mol. The van der Waals surface area contributed by atoms with Gasteiger partial charge in [-0.3, -0.25) is 4.79 Å². The number of nitrogens with one attached hydrogen (secondary N) is 1. The van der Waals surface area contributed by atoms with E-state index in [0.29, 0.717) is 12.1 Å². The summed E-state index contributed by atoms with van der Waals surface area (Å²) in [7, 11) is 0. The first kappa shape index (κ1) is 21.0. The van der Waals surface area contributed by atoms with E-state index in [1.165, 1.54) is 29.4 Å². The molecule has 1 aliphatic carbocycles. The Labute approximate surface area is 172 Å². The maximum Gasteiger partial charge on any atom is 0.251 e. The van der Waals surface area contributed by atoms with Crippen molar-refractivity contribution in [3.05, 3.63) is 82.9 Å². The summed E-state index contributed by atoms with van der Waals surface area (Å²) in [6, 6.07) is 19.7. The average Bonchev–Trinajstić information content (AvgIpc) is 3.59. The van der Waals surface area contributed by atoms with E-state index in [-0.39, 0.29) is 18.6 Å². The minimum absolute atomic E-state index is 0.00371. The van der Waals surface area contributed by atoms with Crippen LogP contribution in [-0.4, -0.2) is 18.5 Å². The van der Waals surface area contributed by atoms with E-state index in [4.69, 9.17) is 5.73 Å². The third-order valence-electron chi connectivity index (χ3n) is 5.20. The van der Waals surface area contributed by atoms with Crippen LogP contribution in [0.5, 0.6) is 0 Å². The predicted octanol–water partition coefficient (Wildman–Crippen LogP) is 5.26. The lowest BCUT2D eigenvalue weighted by molar-refractivity contribution is 0.0941. The van der Waals surface area contributed by atoms with Crippen LogP contribution in [0.2, 0.25) is 0 Å². The van der Waals surface area contributed by atoms with Crippen molar-refractivity contribution in [2.24, 2.45) is 5.73 Å². The molecular weight excluding hydrogens is 363 g/mol. The van der Waals surface area contributed by atoms with E-state index in [2.05, 4.69) is 29.6 Å². The molecule has 3 aromatic carbocycles. The van der Waals surface area contributed by atoms with Crippen LogP contribution in [-0.2, 0) is 6.67 Å². The normalized spacial score (nSPS) is 14.1. The number of rotatable bonds is 5. The van der Waals surface area contributed by atoms with E-state index in [1.54, 1.807) is 12.1 Å². The van der Waals surface area contributed by atoms with E-state index in [0.717, 1.165) is 16.9 Å². The Morgan fingerprint density at radius 1 is 1.14 bits per heavy atom. The molecule has 1 amide bonds. The van der Waals surface area contributed by atoms with Gasteiger partial charge >= 0.3 is 0 Å². The van der Waals surface area contributed by atoms with Crippen molar-refractivity contribution in [1.29, 1.82) is 0 Å². The topological polar surface area (TPSA) is 55.1 Å². The van der Waals surface area contributed by atoms with Crippen LogP contribution in [0.3, 0.4) is 0 Å². The van der Waals surface area contributed by atoms with Gasteiger partial charge < -0.3 is 11.1 Å². The molecule has 0 saturated heterocycles. The summed E-state index contributed by atoms with van der Waals surface area (Å²) in [5.41, 5.74) is 9.58. The molecule has 1 saturated carbocycles. The van der Waals surface area contributed by atoms with Crippen molar-refractivity contribution < 1.29 is 9.18 Å². The van der Waals surface area contributed by atoms with Gasteiger partial charge in [-0.05, 0) is 66.6 Å². The molecule has 1 aliphatic rings. The van der Waals surface area contributed by atoms with Crippen molar-refractivity contribution in [3.63, 3.8) is 0 Å². The highest BCUT2D eigenvalue weighted by atomic mass is 19.1. The maximum atomic E-state index is 12.1. The first-order chi connectivity index (χ1) is 14.0. The second-order valence-corrected chi connectivity index (χ2v) is 7.79. The molecule has 3 nitrogen and oxygen atoms in total. The highest BCUT2D eigenvalue weighted by molar-refractivity contribution is 5.99. The number of amides is 1. The summed E-state index contributed by atoms with van der Waals surface area (Å²) in [6.45, 7) is 3.98. The zero-order valence-corrected chi connectivity index (χ0v) is 17.1. The van der Waals surface area contributed by atoms with Crippen LogP contribution in [0, 0.1) is 6.92 Å². The smallest absolute Gasteiger partial charge is 0.251 e. The number of hydrogen-bond acceptors (Lipinski definition) is 2. The second-order valence-electron chi connectivity index (χ2n) is 7.79. The van der Waals surface area contributed by atoms with Crippen LogP contribution >= 0.6 is 0 Å². The number of carbonyl (C=O) groups excluding carboxylic acids is 1. The first-order valence-electron chi connectivity index (χ1n) is 10.2. The van der Waals surface area contributed by atoms with Crippen molar-refractivity contribution in [2.75, 3.05) is 6.54 Å². The largest absolute Gasteiger partial charge is 0.348 e. The Bertz CT molecular complexity index is 964. The van der Waals surface area contributed by atoms with Crippen LogP contribution in [0.25, 0.3) is 10.8 Å². The predicted molar refractivity (Wildman–Crippen MR) is 118 cm³/mol. The van der Waals surface area contributed by atoms with Gasteiger partial charge in [0, 0.05) is 18.2 Å². The molecule has 0 bridgehead atoms. The Hall–Kier alpha value is -2.72. The zero-order valence-electron chi connectivity index (χ0n) is 17.1. The van der Waals surface area contributed by atoms with Gasteiger partial charge in [0.05, 0.1) is 0 Å². The lowest BCUT2D eigenvalue weighted by Gasteiger charge is -2.12. The third-order valence-corrected chi connectivity index (χ3v) is 5.20. The molecule has 1 unspecified atom stereocenters. The highest BCUT2D eigenvalue weighted by Gasteiger charge is 2.25. The Morgan fingerprint density at radius 3 is 2.48 bits per heavy atom. The molecule has 29 heavy (non-hydrogen) atoms. The number of carbonyl (C=O) groups is 1. The molecule has 4 rings (SSSR count). The number of aryl methyl sites for hydroxylation is 1. The molecule has 3 N–H and O–H groups in total. The summed E-state index contributed by atoms with van der Waals surface area (Å²) in [6.07, 6.45) is 2.57. The van der Waals surface area contributed by atoms with E-state index >= 15 is 0 Å². The Balaban J connectivity index is 0.000000224. The number of halogens is 1. The fourth-order valence-electron chi connectivity index (χ4n) is 3.24. The molecule has 152 valence electrons. The minimum Gasteiger partial charge on any atom is -0.348 e. The highest BCUT2D eigenvalue weighted by Crippen LogP contribution is 2.43. The minimum atomic E-state index is -0.361. The van der Waals surface area contributed by atoms with Gasteiger partial charge in [0.2, 0.25) is 0 Å². The van der Waals surface area contributed by atoms with Crippen molar-refractivity contribution in [1.82, 2.24) is 5.32 Å². The Morgan fingerprint density at radius 2 is 1.86 bits per heavy atom. The van der Waals surface area contributed by atoms with E-state index in [9.17, 15) is 9.18 Å². The van der Waals surface area contributed by atoms with Gasteiger partial charge in [0.15, 0.2) is 0 Å². The monoisotopic (exact) mass is 392 g/mol. The summed E-state index contributed by atoms with van der Waals surface area (Å²) in [5, 5.41) is 5.31. The fourth-order valence-corrected chi connectivity index (χ4v) is 3.24. The molecule has 0 heterocycles. The second kappa shape index (κ2) is 9.66. The number of alkyl halides is 1. The molecule has 4 heteroatoms. The zero-order chi connectivity index (χ0) is 20.8. The fraction of sp³-hybridized carbons (Fsp3) is 0.320. The lowest BCUT2D eigenvalue weighted by atomic mass is 9.99. The number of nitrogens with two attached hydrogens (primary N) is 1. The third kappa shape index (κ3) is 5.64. The molecule has 0 radical (unpaired) electrons. The van der Waals surface area contributed by atoms with Crippen molar-refractivity contribution >= 4 is 16.7 Å². The van der Waals surface area contributed by atoms with Crippen LogP contribution < -0.4 is 11.1 Å². The molecule has 0 aromatic heterocycles. The van der Waals surface area contributed by atoms with Gasteiger partial charge in [-0.25, -0.2) is 4.39 Å². The summed E-state index contributed by atoms with van der Waals surface area (Å²) >= 11 is 0. The molecule has 1 atom stereocenters. The van der Waals surface area contributed by atoms with Crippen molar-refractivity contribution in [2.45, 2.75) is 45.3 Å². The molecule has 0 aliphatic heterocycles. The van der Waals surface area contributed by atoms with Crippen LogP contribution in [0.1, 0.15) is 52.7 Å². The van der Waals surface area contributed by atoms with Crippen LogP contribution in [0.4, 0.5) is 4.39 Å². The molecule has 1 fully saturated rings. The number of fused-ring (bicyclic) bond motifs is 1. The molecule has 0 spiro atoms. The standard InChI is InChI=1S/C17H20N2O.C8H9F/c1-11(10-18)19-17(20)14-7-8-16-13(9-14)3-2-4-15(16)12-5-6-12;1-7-2-4-8(6-9)5-3-7/h2-4,7-9,11-12H,5-6,10,18H2,1H3,(H,19,20);2-5H,6H2,1H3. The molecule has 3 aromatic rings. The Kier molecular flexibility index (Phi) is 6.99.